The molecule has 4 aromatic rings. The molecule has 6 heteroatoms. The largest absolute Gasteiger partial charge is 0.350 e. The van der Waals surface area contributed by atoms with Crippen LogP contribution >= 0.6 is 11.6 Å². The average Bonchev–Trinajstić information content (AvgIpc) is 3.19. The highest BCUT2D eigenvalue weighted by molar-refractivity contribution is 6.30. The SMILES string of the molecule is C[C@@]1(C(=O)NCc2ccccc2)Cn2c(cc3ccccc32)C(=O)N1Cc1cccc(Cl)c1. The summed E-state index contributed by atoms with van der Waals surface area (Å²) in [5.41, 5.74) is 2.34. The summed E-state index contributed by atoms with van der Waals surface area (Å²) in [6.07, 6.45) is 0. The van der Waals surface area contributed by atoms with Crippen molar-refractivity contribution in [3.8, 4) is 0 Å². The van der Waals surface area contributed by atoms with E-state index in [2.05, 4.69) is 5.32 Å². The van der Waals surface area contributed by atoms with Crippen molar-refractivity contribution in [1.29, 1.82) is 0 Å². The van der Waals surface area contributed by atoms with E-state index in [0.717, 1.165) is 22.0 Å². The second-order valence-corrected chi connectivity index (χ2v) is 9.07. The number of carbonyl (C=O) groups excluding carboxylic acids is 2. The molecule has 2 heterocycles. The molecule has 0 aliphatic carbocycles. The van der Waals surface area contributed by atoms with Gasteiger partial charge in [0.1, 0.15) is 11.2 Å². The first-order valence-electron chi connectivity index (χ1n) is 10.9. The molecule has 3 aromatic carbocycles. The Morgan fingerprint density at radius 1 is 0.970 bits per heavy atom. The fraction of sp³-hybridized carbons (Fsp3) is 0.185. The maximum Gasteiger partial charge on any atom is 0.271 e. The van der Waals surface area contributed by atoms with Crippen molar-refractivity contribution in [2.24, 2.45) is 0 Å². The van der Waals surface area contributed by atoms with E-state index in [1.807, 2.05) is 90.4 Å². The van der Waals surface area contributed by atoms with Gasteiger partial charge in [-0.2, -0.15) is 0 Å². The number of fused-ring (bicyclic) bond motifs is 3. The van der Waals surface area contributed by atoms with E-state index in [-0.39, 0.29) is 18.4 Å². The number of para-hydroxylation sites is 1. The van der Waals surface area contributed by atoms with Crippen molar-refractivity contribution in [3.05, 3.63) is 107 Å². The van der Waals surface area contributed by atoms with Gasteiger partial charge < -0.3 is 14.8 Å². The van der Waals surface area contributed by atoms with Crippen LogP contribution in [0, 0.1) is 0 Å². The molecule has 0 saturated heterocycles. The molecule has 0 radical (unpaired) electrons. The topological polar surface area (TPSA) is 54.3 Å². The molecule has 1 aliphatic heterocycles. The summed E-state index contributed by atoms with van der Waals surface area (Å²) in [4.78, 5) is 29.1. The fourth-order valence-corrected chi connectivity index (χ4v) is 4.75. The standard InChI is InChI=1S/C27H24ClN3O2/c1-27(26(33)29-16-19-8-3-2-4-9-19)18-30-23-13-6-5-11-21(23)15-24(30)25(32)31(27)17-20-10-7-12-22(28)14-20/h2-15H,16-18H2,1H3,(H,29,33)/t27-/m0/s1. The predicted octanol–water partition coefficient (Wildman–Crippen LogP) is 5.03. The number of rotatable bonds is 5. The molecule has 0 unspecified atom stereocenters. The minimum atomic E-state index is -1.08. The zero-order chi connectivity index (χ0) is 23.0. The van der Waals surface area contributed by atoms with Gasteiger partial charge in [-0.1, -0.05) is 72.3 Å². The Morgan fingerprint density at radius 2 is 1.70 bits per heavy atom. The predicted molar refractivity (Wildman–Crippen MR) is 130 cm³/mol. The third-order valence-electron chi connectivity index (χ3n) is 6.35. The molecule has 0 fully saturated rings. The maximum absolute atomic E-state index is 13.8. The first-order chi connectivity index (χ1) is 16.0. The van der Waals surface area contributed by atoms with E-state index < -0.39 is 5.54 Å². The molecule has 5 rings (SSSR count). The van der Waals surface area contributed by atoms with E-state index in [1.165, 1.54) is 0 Å². The van der Waals surface area contributed by atoms with Crippen LogP contribution in [0.15, 0.2) is 84.9 Å². The van der Waals surface area contributed by atoms with E-state index in [1.54, 1.807) is 11.0 Å². The number of hydrogen-bond acceptors (Lipinski definition) is 2. The zero-order valence-electron chi connectivity index (χ0n) is 18.3. The van der Waals surface area contributed by atoms with E-state index in [4.69, 9.17) is 11.6 Å². The van der Waals surface area contributed by atoms with E-state index >= 15 is 0 Å². The average molecular weight is 458 g/mol. The number of aromatic nitrogens is 1. The summed E-state index contributed by atoms with van der Waals surface area (Å²) < 4.78 is 1.97. The molecule has 166 valence electrons. The molecule has 0 spiro atoms. The van der Waals surface area contributed by atoms with Crippen LogP contribution in [0.1, 0.15) is 28.5 Å². The van der Waals surface area contributed by atoms with Gasteiger partial charge in [0.2, 0.25) is 5.91 Å². The number of halogens is 1. The second kappa shape index (κ2) is 8.41. The van der Waals surface area contributed by atoms with Gasteiger partial charge in [-0.25, -0.2) is 0 Å². The minimum absolute atomic E-state index is 0.171. The van der Waals surface area contributed by atoms with Gasteiger partial charge in [0.25, 0.3) is 5.91 Å². The van der Waals surface area contributed by atoms with Crippen LogP contribution in [0.25, 0.3) is 10.9 Å². The Bertz CT molecular complexity index is 1350. The Hall–Kier alpha value is -3.57. The quantitative estimate of drug-likeness (QED) is 0.457. The van der Waals surface area contributed by atoms with Crippen molar-refractivity contribution < 1.29 is 9.59 Å². The first kappa shape index (κ1) is 21.3. The lowest BCUT2D eigenvalue weighted by Crippen LogP contribution is -2.63. The highest BCUT2D eigenvalue weighted by Crippen LogP contribution is 2.33. The number of hydrogen-bond donors (Lipinski definition) is 1. The van der Waals surface area contributed by atoms with Crippen molar-refractivity contribution >= 4 is 34.3 Å². The Balaban J connectivity index is 1.54. The molecule has 33 heavy (non-hydrogen) atoms. The zero-order valence-corrected chi connectivity index (χ0v) is 19.0. The highest BCUT2D eigenvalue weighted by Gasteiger charge is 2.47. The second-order valence-electron chi connectivity index (χ2n) is 8.64. The molecule has 0 bridgehead atoms. The van der Waals surface area contributed by atoms with Gasteiger partial charge >= 0.3 is 0 Å². The smallest absolute Gasteiger partial charge is 0.271 e. The van der Waals surface area contributed by atoms with Crippen molar-refractivity contribution in [2.75, 3.05) is 0 Å². The van der Waals surface area contributed by atoms with Gasteiger partial charge in [-0.3, -0.25) is 9.59 Å². The van der Waals surface area contributed by atoms with Gasteiger partial charge in [-0.15, -0.1) is 0 Å². The van der Waals surface area contributed by atoms with Crippen LogP contribution in [0.2, 0.25) is 5.02 Å². The van der Waals surface area contributed by atoms with Crippen LogP contribution in [0.3, 0.4) is 0 Å². The van der Waals surface area contributed by atoms with Crippen LogP contribution in [-0.2, 0) is 24.4 Å². The monoisotopic (exact) mass is 457 g/mol. The lowest BCUT2D eigenvalue weighted by molar-refractivity contribution is -0.133. The molecule has 5 nitrogen and oxygen atoms in total. The van der Waals surface area contributed by atoms with Crippen LogP contribution in [0.4, 0.5) is 0 Å². The third-order valence-corrected chi connectivity index (χ3v) is 6.59. The van der Waals surface area contributed by atoms with E-state index in [0.29, 0.717) is 23.8 Å². The molecule has 1 aromatic heterocycles. The Labute approximate surface area is 197 Å². The number of amides is 2. The molecular formula is C27H24ClN3O2. The summed E-state index contributed by atoms with van der Waals surface area (Å²) >= 11 is 6.20. The van der Waals surface area contributed by atoms with Gasteiger partial charge in [-0.05, 0) is 42.3 Å². The normalized spacial score (nSPS) is 17.8. The van der Waals surface area contributed by atoms with Gasteiger partial charge in [0.15, 0.2) is 0 Å². The number of nitrogens with zero attached hydrogens (tertiary/aromatic N) is 2. The maximum atomic E-state index is 13.8. The van der Waals surface area contributed by atoms with Gasteiger partial charge in [0.05, 0.1) is 6.54 Å². The number of benzene rings is 3. The highest BCUT2D eigenvalue weighted by atomic mass is 35.5. The molecular weight excluding hydrogens is 434 g/mol. The minimum Gasteiger partial charge on any atom is -0.350 e. The molecule has 1 aliphatic rings. The summed E-state index contributed by atoms with van der Waals surface area (Å²) in [7, 11) is 0. The Morgan fingerprint density at radius 3 is 2.48 bits per heavy atom. The van der Waals surface area contributed by atoms with Crippen LogP contribution in [-0.4, -0.2) is 26.8 Å². The number of nitrogens with one attached hydrogen (secondary N) is 1. The summed E-state index contributed by atoms with van der Waals surface area (Å²) in [5, 5.41) is 4.64. The number of carbonyl (C=O) groups is 2. The van der Waals surface area contributed by atoms with E-state index in [9.17, 15) is 9.59 Å². The molecule has 2 amide bonds. The molecule has 1 N–H and O–H groups in total. The molecule has 1 atom stereocenters. The third kappa shape index (κ3) is 3.89. The summed E-state index contributed by atoms with van der Waals surface area (Å²) in [6.45, 7) is 2.89. The fourth-order valence-electron chi connectivity index (χ4n) is 4.54. The first-order valence-corrected chi connectivity index (χ1v) is 11.3. The van der Waals surface area contributed by atoms with Crippen LogP contribution < -0.4 is 5.32 Å². The Kier molecular flexibility index (Phi) is 5.43. The summed E-state index contributed by atoms with van der Waals surface area (Å²) in [5.74, 6) is -0.361. The van der Waals surface area contributed by atoms with Gasteiger partial charge in [0, 0.05) is 29.0 Å². The van der Waals surface area contributed by atoms with Crippen molar-refractivity contribution in [2.45, 2.75) is 32.1 Å². The van der Waals surface area contributed by atoms with Crippen LogP contribution in [0.5, 0.6) is 0 Å². The lowest BCUT2D eigenvalue weighted by Gasteiger charge is -2.44. The lowest BCUT2D eigenvalue weighted by atomic mass is 9.93. The van der Waals surface area contributed by atoms with Crippen molar-refractivity contribution in [1.82, 2.24) is 14.8 Å². The molecule has 0 saturated carbocycles. The van der Waals surface area contributed by atoms with Crippen molar-refractivity contribution in [3.63, 3.8) is 0 Å². The summed E-state index contributed by atoms with van der Waals surface area (Å²) in [6, 6.07) is 27.0.